The summed E-state index contributed by atoms with van der Waals surface area (Å²) in [5, 5.41) is 21.4. The highest BCUT2D eigenvalue weighted by Crippen LogP contribution is 2.23. The van der Waals surface area contributed by atoms with Gasteiger partial charge in [0.2, 0.25) is 0 Å². The number of hydrogen-bond acceptors (Lipinski definition) is 5. The van der Waals surface area contributed by atoms with Gasteiger partial charge in [-0.15, -0.1) is 0 Å². The van der Waals surface area contributed by atoms with Crippen LogP contribution in [0.3, 0.4) is 0 Å². The molecule has 0 saturated heterocycles. The molecule has 102 valence electrons. The van der Waals surface area contributed by atoms with Gasteiger partial charge in [-0.2, -0.15) is 5.26 Å². The summed E-state index contributed by atoms with van der Waals surface area (Å²) >= 11 is 0. The molecule has 0 fully saturated rings. The number of ether oxygens (including phenoxy) is 1. The number of nitriles is 1. The highest BCUT2D eigenvalue weighted by Gasteiger charge is 2.08. The van der Waals surface area contributed by atoms with E-state index in [1.54, 1.807) is 31.4 Å². The summed E-state index contributed by atoms with van der Waals surface area (Å²) < 4.78 is 5.13. The van der Waals surface area contributed by atoms with Crippen LogP contribution in [0.4, 0.5) is 5.82 Å². The molecule has 2 rings (SSSR count). The first-order chi connectivity index (χ1) is 9.63. The third kappa shape index (κ3) is 2.95. The summed E-state index contributed by atoms with van der Waals surface area (Å²) in [6, 6.07) is 9.12. The van der Waals surface area contributed by atoms with Crippen LogP contribution in [0.2, 0.25) is 0 Å². The van der Waals surface area contributed by atoms with Crippen molar-refractivity contribution in [3.63, 3.8) is 0 Å². The number of anilines is 1. The number of rotatable bonds is 5. The third-order valence-corrected chi connectivity index (χ3v) is 2.77. The van der Waals surface area contributed by atoms with Crippen molar-refractivity contribution < 1.29 is 14.6 Å². The summed E-state index contributed by atoms with van der Waals surface area (Å²) in [7, 11) is 1.57. The Bertz CT molecular complexity index is 692. The van der Waals surface area contributed by atoms with Gasteiger partial charge in [0.1, 0.15) is 17.6 Å². The van der Waals surface area contributed by atoms with E-state index >= 15 is 0 Å². The zero-order chi connectivity index (χ0) is 14.5. The zero-order valence-corrected chi connectivity index (χ0v) is 10.9. The van der Waals surface area contributed by atoms with E-state index in [1.807, 2.05) is 0 Å². The molecule has 6 heteroatoms. The van der Waals surface area contributed by atoms with Crippen molar-refractivity contribution in [2.45, 2.75) is 6.42 Å². The highest BCUT2D eigenvalue weighted by molar-refractivity contribution is 5.84. The molecule has 1 heterocycles. The van der Waals surface area contributed by atoms with Gasteiger partial charge in [-0.3, -0.25) is 4.79 Å². The van der Waals surface area contributed by atoms with Crippen molar-refractivity contribution in [3.8, 4) is 11.8 Å². The van der Waals surface area contributed by atoms with Crippen LogP contribution < -0.4 is 10.1 Å². The van der Waals surface area contributed by atoms with Gasteiger partial charge in [0, 0.05) is 11.9 Å². The minimum atomic E-state index is -0.901. The summed E-state index contributed by atoms with van der Waals surface area (Å²) in [5.41, 5.74) is 1.08. The number of benzene rings is 1. The summed E-state index contributed by atoms with van der Waals surface area (Å²) in [5.74, 6) is 0.183. The first kappa shape index (κ1) is 13.6. The van der Waals surface area contributed by atoms with Gasteiger partial charge in [-0.25, -0.2) is 4.98 Å². The molecule has 0 aliphatic carbocycles. The molecule has 0 amide bonds. The molecule has 20 heavy (non-hydrogen) atoms. The first-order valence-electron chi connectivity index (χ1n) is 5.98. The highest BCUT2D eigenvalue weighted by atomic mass is 16.5. The molecule has 1 aromatic carbocycles. The van der Waals surface area contributed by atoms with Crippen LogP contribution in [0.5, 0.6) is 5.75 Å². The number of aromatic nitrogens is 1. The predicted octanol–water partition coefficient (Wildman–Crippen LogP) is 2.00. The Morgan fingerprint density at radius 1 is 1.50 bits per heavy atom. The number of aliphatic carboxylic acids is 1. The molecule has 0 saturated carbocycles. The van der Waals surface area contributed by atoms with Gasteiger partial charge >= 0.3 is 5.97 Å². The molecule has 0 aliphatic heterocycles. The number of nitrogens with one attached hydrogen (secondary N) is 1. The summed E-state index contributed by atoms with van der Waals surface area (Å²) in [6.07, 6.45) is -0.0345. The fourth-order valence-corrected chi connectivity index (χ4v) is 1.79. The number of hydrogen-bond donors (Lipinski definition) is 2. The van der Waals surface area contributed by atoms with Crippen molar-refractivity contribution in [2.75, 3.05) is 19.0 Å². The standard InChI is InChI=1S/C14H13N3O3/c1-20-11-2-3-12-9(7-11)6-10(8-15)14(17-12)16-5-4-13(18)19/h2-3,6-7H,4-5H2,1H3,(H,16,17)(H,18,19). The van der Waals surface area contributed by atoms with E-state index < -0.39 is 5.97 Å². The first-order valence-corrected chi connectivity index (χ1v) is 5.98. The number of nitrogens with zero attached hydrogens (tertiary/aromatic N) is 2. The van der Waals surface area contributed by atoms with Crippen LogP contribution in [0, 0.1) is 11.3 Å². The molecule has 2 aromatic rings. The fourth-order valence-electron chi connectivity index (χ4n) is 1.79. The Balaban J connectivity index is 2.35. The number of carboxylic acids is 1. The van der Waals surface area contributed by atoms with Crippen molar-refractivity contribution in [1.82, 2.24) is 4.98 Å². The maximum atomic E-state index is 10.5. The third-order valence-electron chi connectivity index (χ3n) is 2.77. The van der Waals surface area contributed by atoms with Crippen molar-refractivity contribution >= 4 is 22.7 Å². The second-order valence-electron chi connectivity index (χ2n) is 4.13. The van der Waals surface area contributed by atoms with E-state index in [-0.39, 0.29) is 13.0 Å². The monoisotopic (exact) mass is 271 g/mol. The molecule has 0 atom stereocenters. The number of fused-ring (bicyclic) bond motifs is 1. The van der Waals surface area contributed by atoms with Gasteiger partial charge in [0.25, 0.3) is 0 Å². The Labute approximate surface area is 115 Å². The van der Waals surface area contributed by atoms with Crippen LogP contribution in [0.15, 0.2) is 24.3 Å². The minimum Gasteiger partial charge on any atom is -0.497 e. The Kier molecular flexibility index (Phi) is 4.01. The molecule has 2 N–H and O–H groups in total. The lowest BCUT2D eigenvalue weighted by molar-refractivity contribution is -0.136. The second-order valence-corrected chi connectivity index (χ2v) is 4.13. The van der Waals surface area contributed by atoms with E-state index in [2.05, 4.69) is 16.4 Å². The van der Waals surface area contributed by atoms with Crippen LogP contribution in [0.1, 0.15) is 12.0 Å². The maximum Gasteiger partial charge on any atom is 0.305 e. The smallest absolute Gasteiger partial charge is 0.305 e. The van der Waals surface area contributed by atoms with Crippen LogP contribution in [-0.4, -0.2) is 29.7 Å². The number of carboxylic acid groups (broad SMARTS) is 1. The normalized spacial score (nSPS) is 10.0. The average molecular weight is 271 g/mol. The number of methoxy groups -OCH3 is 1. The van der Waals surface area contributed by atoms with Gasteiger partial charge < -0.3 is 15.2 Å². The molecule has 0 radical (unpaired) electrons. The van der Waals surface area contributed by atoms with E-state index in [0.29, 0.717) is 22.6 Å². The summed E-state index contributed by atoms with van der Waals surface area (Å²) in [4.78, 5) is 14.8. The van der Waals surface area contributed by atoms with Crippen molar-refractivity contribution in [3.05, 3.63) is 29.8 Å². The van der Waals surface area contributed by atoms with Gasteiger partial charge in [0.05, 0.1) is 24.6 Å². The predicted molar refractivity (Wildman–Crippen MR) is 73.8 cm³/mol. The van der Waals surface area contributed by atoms with Crippen molar-refractivity contribution in [1.29, 1.82) is 5.26 Å². The topological polar surface area (TPSA) is 95.2 Å². The summed E-state index contributed by atoms with van der Waals surface area (Å²) in [6.45, 7) is 0.221. The van der Waals surface area contributed by atoms with E-state index in [1.165, 1.54) is 0 Å². The van der Waals surface area contributed by atoms with E-state index in [9.17, 15) is 4.79 Å². The number of carbonyl (C=O) groups is 1. The molecular formula is C14H13N3O3. The van der Waals surface area contributed by atoms with Crippen LogP contribution in [0.25, 0.3) is 10.9 Å². The molecule has 1 aromatic heterocycles. The molecule has 0 bridgehead atoms. The lowest BCUT2D eigenvalue weighted by atomic mass is 10.1. The molecule has 0 aliphatic rings. The lowest BCUT2D eigenvalue weighted by Crippen LogP contribution is -2.09. The molecule has 0 unspecified atom stereocenters. The largest absolute Gasteiger partial charge is 0.497 e. The quantitative estimate of drug-likeness (QED) is 0.863. The molecular weight excluding hydrogens is 258 g/mol. The Morgan fingerprint density at radius 2 is 2.30 bits per heavy atom. The zero-order valence-electron chi connectivity index (χ0n) is 10.9. The lowest BCUT2D eigenvalue weighted by Gasteiger charge is -2.08. The molecule has 0 spiro atoms. The SMILES string of the molecule is COc1ccc2nc(NCCC(=O)O)c(C#N)cc2c1. The molecule has 6 nitrogen and oxygen atoms in total. The van der Waals surface area contributed by atoms with Crippen LogP contribution >= 0.6 is 0 Å². The Hall–Kier alpha value is -2.81. The fraction of sp³-hybridized carbons (Fsp3) is 0.214. The van der Waals surface area contributed by atoms with E-state index in [4.69, 9.17) is 15.1 Å². The second kappa shape index (κ2) is 5.89. The van der Waals surface area contributed by atoms with Gasteiger partial charge in [0.15, 0.2) is 0 Å². The van der Waals surface area contributed by atoms with E-state index in [0.717, 1.165) is 5.39 Å². The van der Waals surface area contributed by atoms with Crippen molar-refractivity contribution in [2.24, 2.45) is 0 Å². The maximum absolute atomic E-state index is 10.5. The minimum absolute atomic E-state index is 0.0345. The van der Waals surface area contributed by atoms with Crippen LogP contribution in [-0.2, 0) is 4.79 Å². The Morgan fingerprint density at radius 3 is 2.95 bits per heavy atom. The number of pyridine rings is 1. The van der Waals surface area contributed by atoms with Gasteiger partial charge in [-0.1, -0.05) is 0 Å². The average Bonchev–Trinajstić information content (AvgIpc) is 2.45. The van der Waals surface area contributed by atoms with Gasteiger partial charge in [-0.05, 0) is 24.3 Å².